The lowest BCUT2D eigenvalue weighted by atomic mass is 10.0. The molecule has 2 heterocycles. The maximum atomic E-state index is 13.2. The van der Waals surface area contributed by atoms with Crippen LogP contribution in [-0.4, -0.2) is 41.7 Å². The number of aliphatic hydroxyl groups excluding tert-OH is 1. The van der Waals surface area contributed by atoms with Crippen molar-refractivity contribution >= 4 is 17.4 Å². The van der Waals surface area contributed by atoms with Crippen molar-refractivity contribution in [3.05, 3.63) is 53.2 Å². The Labute approximate surface area is 161 Å². The molecule has 0 bridgehead atoms. The lowest BCUT2D eigenvalue weighted by molar-refractivity contribution is -0.119. The van der Waals surface area contributed by atoms with E-state index in [1.807, 2.05) is 49.1 Å². The second kappa shape index (κ2) is 7.69. The van der Waals surface area contributed by atoms with Crippen LogP contribution in [0.3, 0.4) is 0 Å². The monoisotopic (exact) mass is 367 g/mol. The fourth-order valence-electron chi connectivity index (χ4n) is 3.65. The number of aryl methyl sites for hydroxylation is 2. The molecule has 1 aromatic heterocycles. The normalized spacial score (nSPS) is 19.6. The number of β-amino-alcohol motifs (C(OH)–C–C–N with tert-alkyl or cyclic N) is 1. The summed E-state index contributed by atoms with van der Waals surface area (Å²) in [7, 11) is 1.79. The van der Waals surface area contributed by atoms with Gasteiger partial charge in [0.25, 0.3) is 0 Å². The summed E-state index contributed by atoms with van der Waals surface area (Å²) in [5.74, 6) is 1.12. The summed E-state index contributed by atoms with van der Waals surface area (Å²) in [6, 6.07) is 11.6. The number of carbonyl (C=O) groups excluding carboxylic acids is 1. The molecule has 2 aromatic rings. The van der Waals surface area contributed by atoms with Gasteiger partial charge in [0.05, 0.1) is 6.10 Å². The molecule has 27 heavy (non-hydrogen) atoms. The van der Waals surface area contributed by atoms with E-state index < -0.39 is 12.1 Å². The molecular weight excluding hydrogens is 338 g/mol. The summed E-state index contributed by atoms with van der Waals surface area (Å²) in [6.07, 6.45) is -0.114. The summed E-state index contributed by atoms with van der Waals surface area (Å²) in [4.78, 5) is 21.5. The lowest BCUT2D eigenvalue weighted by Crippen LogP contribution is -2.44. The number of carbonyl (C=O) groups is 1. The third-order valence-corrected chi connectivity index (χ3v) is 5.21. The molecule has 0 saturated carbocycles. The molecule has 1 fully saturated rings. The Morgan fingerprint density at radius 1 is 1.26 bits per heavy atom. The van der Waals surface area contributed by atoms with Crippen LogP contribution in [0.2, 0.25) is 0 Å². The van der Waals surface area contributed by atoms with Gasteiger partial charge in [0, 0.05) is 31.4 Å². The maximum Gasteiger partial charge on any atom is 0.249 e. The van der Waals surface area contributed by atoms with E-state index in [1.165, 1.54) is 5.56 Å². The van der Waals surface area contributed by atoms with Crippen molar-refractivity contribution < 1.29 is 9.90 Å². The van der Waals surface area contributed by atoms with Crippen LogP contribution in [0.4, 0.5) is 11.5 Å². The number of rotatable bonds is 4. The molecule has 0 spiro atoms. The van der Waals surface area contributed by atoms with Crippen molar-refractivity contribution in [1.29, 1.82) is 0 Å². The van der Waals surface area contributed by atoms with Gasteiger partial charge in [-0.15, -0.1) is 0 Å². The van der Waals surface area contributed by atoms with E-state index in [9.17, 15) is 9.90 Å². The van der Waals surface area contributed by atoms with Gasteiger partial charge in [0.2, 0.25) is 5.91 Å². The molecule has 2 atom stereocenters. The van der Waals surface area contributed by atoms with E-state index in [1.54, 1.807) is 11.9 Å². The molecule has 1 aliphatic heterocycles. The van der Waals surface area contributed by atoms with Crippen LogP contribution in [0, 0.1) is 13.8 Å². The summed E-state index contributed by atoms with van der Waals surface area (Å²) in [6.45, 7) is 8.69. The maximum absolute atomic E-state index is 13.2. The van der Waals surface area contributed by atoms with E-state index in [4.69, 9.17) is 0 Å². The Bertz CT molecular complexity index is 834. The SMILES string of the molecule is Cc1cccc(N(C)C(=O)C2CC(O)CN2c2cc(C(C)C)cc(C)n2)c1. The fraction of sp³-hybridized carbons (Fsp3) is 0.455. The molecule has 5 nitrogen and oxygen atoms in total. The van der Waals surface area contributed by atoms with Crippen LogP contribution in [0.15, 0.2) is 36.4 Å². The Kier molecular flexibility index (Phi) is 5.51. The van der Waals surface area contributed by atoms with E-state index in [0.29, 0.717) is 18.9 Å². The Morgan fingerprint density at radius 3 is 2.67 bits per heavy atom. The lowest BCUT2D eigenvalue weighted by Gasteiger charge is -2.29. The molecule has 2 unspecified atom stereocenters. The number of hydrogen-bond donors (Lipinski definition) is 1. The van der Waals surface area contributed by atoms with Crippen molar-refractivity contribution in [2.75, 3.05) is 23.4 Å². The smallest absolute Gasteiger partial charge is 0.249 e. The Balaban J connectivity index is 1.91. The van der Waals surface area contributed by atoms with E-state index >= 15 is 0 Å². The van der Waals surface area contributed by atoms with Gasteiger partial charge in [-0.1, -0.05) is 26.0 Å². The molecular formula is C22H29N3O2. The van der Waals surface area contributed by atoms with E-state index in [-0.39, 0.29) is 5.91 Å². The molecule has 1 aliphatic rings. The number of likely N-dealkylation sites (N-methyl/N-ethyl adjacent to an activating group) is 1. The largest absolute Gasteiger partial charge is 0.391 e. The van der Waals surface area contributed by atoms with Gasteiger partial charge in [-0.25, -0.2) is 4.98 Å². The van der Waals surface area contributed by atoms with Crippen molar-refractivity contribution in [1.82, 2.24) is 4.98 Å². The first-order chi connectivity index (χ1) is 12.8. The number of amides is 1. The van der Waals surface area contributed by atoms with Crippen LogP contribution >= 0.6 is 0 Å². The molecule has 1 N–H and O–H groups in total. The molecule has 1 aromatic carbocycles. The Morgan fingerprint density at radius 2 is 2.00 bits per heavy atom. The summed E-state index contributed by atoms with van der Waals surface area (Å²) < 4.78 is 0. The third kappa shape index (κ3) is 4.14. The second-order valence-electron chi connectivity index (χ2n) is 7.85. The first kappa shape index (κ1) is 19.4. The molecule has 0 aliphatic carbocycles. The summed E-state index contributed by atoms with van der Waals surface area (Å²) in [5.41, 5.74) is 4.09. The number of pyridine rings is 1. The van der Waals surface area contributed by atoms with Gasteiger partial charge < -0.3 is 14.9 Å². The zero-order valence-electron chi connectivity index (χ0n) is 16.8. The van der Waals surface area contributed by atoms with E-state index in [0.717, 1.165) is 22.8 Å². The van der Waals surface area contributed by atoms with Crippen LogP contribution in [0.5, 0.6) is 0 Å². The van der Waals surface area contributed by atoms with Gasteiger partial charge in [0.1, 0.15) is 11.9 Å². The highest BCUT2D eigenvalue weighted by atomic mass is 16.3. The van der Waals surface area contributed by atoms with Crippen molar-refractivity contribution in [3.63, 3.8) is 0 Å². The van der Waals surface area contributed by atoms with Gasteiger partial charge in [-0.3, -0.25) is 4.79 Å². The topological polar surface area (TPSA) is 56.7 Å². The quantitative estimate of drug-likeness (QED) is 0.900. The van der Waals surface area contributed by atoms with Crippen LogP contribution in [0.25, 0.3) is 0 Å². The van der Waals surface area contributed by atoms with Crippen LogP contribution in [-0.2, 0) is 4.79 Å². The third-order valence-electron chi connectivity index (χ3n) is 5.21. The molecule has 144 valence electrons. The Hall–Kier alpha value is -2.40. The standard InChI is InChI=1S/C22H29N3O2/c1-14(2)17-10-16(4)23-21(11-17)25-13-19(26)12-20(25)22(27)24(5)18-8-6-7-15(3)9-18/h6-11,14,19-20,26H,12-13H2,1-5H3. The first-order valence-corrected chi connectivity index (χ1v) is 9.53. The predicted molar refractivity (Wildman–Crippen MR) is 109 cm³/mol. The van der Waals surface area contributed by atoms with Crippen molar-refractivity contribution in [2.45, 2.75) is 52.2 Å². The summed E-state index contributed by atoms with van der Waals surface area (Å²) in [5, 5.41) is 10.3. The van der Waals surface area contributed by atoms with Gasteiger partial charge in [-0.05, 0) is 55.2 Å². The summed E-state index contributed by atoms with van der Waals surface area (Å²) >= 11 is 0. The number of hydrogen-bond acceptors (Lipinski definition) is 4. The minimum atomic E-state index is -0.533. The highest BCUT2D eigenvalue weighted by Crippen LogP contribution is 2.29. The highest BCUT2D eigenvalue weighted by molar-refractivity contribution is 5.99. The van der Waals surface area contributed by atoms with E-state index in [2.05, 4.69) is 24.9 Å². The number of aliphatic hydroxyl groups is 1. The average molecular weight is 367 g/mol. The highest BCUT2D eigenvalue weighted by Gasteiger charge is 2.38. The minimum absolute atomic E-state index is 0.0217. The number of anilines is 2. The molecule has 0 radical (unpaired) electrons. The molecule has 1 amide bonds. The number of benzene rings is 1. The van der Waals surface area contributed by atoms with Gasteiger partial charge in [0.15, 0.2) is 0 Å². The first-order valence-electron chi connectivity index (χ1n) is 9.53. The second-order valence-corrected chi connectivity index (χ2v) is 7.85. The van der Waals surface area contributed by atoms with Crippen LogP contribution < -0.4 is 9.80 Å². The van der Waals surface area contributed by atoms with Crippen molar-refractivity contribution in [3.8, 4) is 0 Å². The average Bonchev–Trinajstić information content (AvgIpc) is 3.01. The number of aromatic nitrogens is 1. The van der Waals surface area contributed by atoms with Crippen LogP contribution in [0.1, 0.15) is 43.0 Å². The molecule has 1 saturated heterocycles. The fourth-order valence-corrected chi connectivity index (χ4v) is 3.65. The molecule has 5 heteroatoms. The van der Waals surface area contributed by atoms with Gasteiger partial charge >= 0.3 is 0 Å². The number of nitrogens with zero attached hydrogens (tertiary/aromatic N) is 3. The zero-order valence-corrected chi connectivity index (χ0v) is 16.8. The van der Waals surface area contributed by atoms with Gasteiger partial charge in [-0.2, -0.15) is 0 Å². The molecule has 3 rings (SSSR count). The minimum Gasteiger partial charge on any atom is -0.391 e. The predicted octanol–water partition coefficient (Wildman–Crippen LogP) is 3.42. The zero-order chi connectivity index (χ0) is 19.7. The van der Waals surface area contributed by atoms with Crippen molar-refractivity contribution in [2.24, 2.45) is 0 Å².